The highest BCUT2D eigenvalue weighted by molar-refractivity contribution is 7.20. The molecular formula is C35H26N2S. The molecule has 38 heavy (non-hydrogen) atoms. The lowest BCUT2D eigenvalue weighted by atomic mass is 9.80. The van der Waals surface area contributed by atoms with Gasteiger partial charge in [-0.25, -0.2) is 4.99 Å². The number of thiophene rings is 1. The molecule has 0 fully saturated rings. The van der Waals surface area contributed by atoms with Gasteiger partial charge in [-0.3, -0.25) is 0 Å². The van der Waals surface area contributed by atoms with Gasteiger partial charge >= 0.3 is 0 Å². The minimum atomic E-state index is 0.118. The van der Waals surface area contributed by atoms with Gasteiger partial charge in [0.15, 0.2) is 0 Å². The topological polar surface area (TPSA) is 15.6 Å². The molecule has 3 aliphatic rings. The summed E-state index contributed by atoms with van der Waals surface area (Å²) >= 11 is 1.93. The van der Waals surface area contributed by atoms with E-state index in [0.29, 0.717) is 0 Å². The van der Waals surface area contributed by atoms with Gasteiger partial charge in [0.1, 0.15) is 0 Å². The Morgan fingerprint density at radius 3 is 2.47 bits per heavy atom. The zero-order valence-corrected chi connectivity index (χ0v) is 22.0. The predicted octanol–water partition coefficient (Wildman–Crippen LogP) is 8.98. The molecule has 1 atom stereocenters. The van der Waals surface area contributed by atoms with Crippen LogP contribution in [0.5, 0.6) is 0 Å². The van der Waals surface area contributed by atoms with Crippen molar-refractivity contribution < 1.29 is 0 Å². The number of nitrogens with zero attached hydrogens (tertiary/aromatic N) is 2. The van der Waals surface area contributed by atoms with E-state index in [-0.39, 0.29) is 6.04 Å². The van der Waals surface area contributed by atoms with E-state index in [2.05, 4.69) is 121 Å². The van der Waals surface area contributed by atoms with Crippen molar-refractivity contribution in [3.05, 3.63) is 130 Å². The standard InChI is InChI=1S/C35H26N2S/c1-37-21-31(36-33-28-15-4-2-12-25(28)26-13-3-5-16-29(26)34(33)37)23-11-8-10-22(20-23)24-17-9-18-30-27-14-6-7-19-32(27)38-35(24)30/h2-5,7-13,15-21,34H,6,14H2,1H3. The van der Waals surface area contributed by atoms with E-state index in [4.69, 9.17) is 4.99 Å². The van der Waals surface area contributed by atoms with Gasteiger partial charge in [-0.2, -0.15) is 0 Å². The minimum Gasteiger partial charge on any atom is -0.366 e. The van der Waals surface area contributed by atoms with Crippen LogP contribution in [0.15, 0.2) is 108 Å². The molecule has 4 aromatic carbocycles. The van der Waals surface area contributed by atoms with Gasteiger partial charge in [-0.1, -0.05) is 91.0 Å². The Balaban J connectivity index is 1.25. The number of fused-ring (bicyclic) bond motifs is 9. The SMILES string of the molecule is CN1C=C(c2cccc(-c3cccc4c5c(sc34)C=CCC5)c2)N=C2c3ccccc3-c3ccccc3C21. The average Bonchev–Trinajstić information content (AvgIpc) is 3.36. The maximum Gasteiger partial charge on any atom is 0.0971 e. The summed E-state index contributed by atoms with van der Waals surface area (Å²) in [5, 5.41) is 1.41. The monoisotopic (exact) mass is 506 g/mol. The van der Waals surface area contributed by atoms with E-state index in [9.17, 15) is 0 Å². The summed E-state index contributed by atoms with van der Waals surface area (Å²) in [4.78, 5) is 9.09. The first kappa shape index (κ1) is 21.8. The number of allylic oxidation sites excluding steroid dienone is 1. The largest absolute Gasteiger partial charge is 0.366 e. The number of rotatable bonds is 2. The number of aliphatic imine (C=N–C) groups is 1. The molecular weight excluding hydrogens is 480 g/mol. The Morgan fingerprint density at radius 2 is 1.55 bits per heavy atom. The van der Waals surface area contributed by atoms with Crippen LogP contribution in [0, 0.1) is 0 Å². The van der Waals surface area contributed by atoms with E-state index in [1.54, 1.807) is 0 Å². The fourth-order valence-electron chi connectivity index (χ4n) is 6.39. The molecule has 2 nitrogen and oxygen atoms in total. The van der Waals surface area contributed by atoms with Crippen molar-refractivity contribution in [1.82, 2.24) is 4.90 Å². The van der Waals surface area contributed by atoms with Gasteiger partial charge in [0.2, 0.25) is 0 Å². The molecule has 0 bridgehead atoms. The fourth-order valence-corrected chi connectivity index (χ4v) is 7.70. The number of hydrogen-bond donors (Lipinski definition) is 0. The van der Waals surface area contributed by atoms with Crippen LogP contribution >= 0.6 is 11.3 Å². The summed E-state index contributed by atoms with van der Waals surface area (Å²) in [5.41, 5.74) is 12.5. The molecule has 1 aromatic heterocycles. The Labute approximate surface area is 226 Å². The quantitative estimate of drug-likeness (QED) is 0.233. The van der Waals surface area contributed by atoms with Crippen molar-refractivity contribution in [1.29, 1.82) is 0 Å². The second kappa shape index (κ2) is 8.41. The fraction of sp³-hybridized carbons (Fsp3) is 0.114. The Morgan fingerprint density at radius 1 is 0.789 bits per heavy atom. The Hall–Kier alpha value is -4.21. The van der Waals surface area contributed by atoms with Crippen LogP contribution < -0.4 is 0 Å². The van der Waals surface area contributed by atoms with Gasteiger partial charge in [0, 0.05) is 34.0 Å². The molecule has 0 spiro atoms. The van der Waals surface area contributed by atoms with Crippen molar-refractivity contribution >= 4 is 38.9 Å². The lowest BCUT2D eigenvalue weighted by Gasteiger charge is -2.38. The van der Waals surface area contributed by atoms with E-state index >= 15 is 0 Å². The molecule has 5 aromatic rings. The molecule has 0 radical (unpaired) electrons. The maximum atomic E-state index is 5.34. The zero-order valence-electron chi connectivity index (χ0n) is 21.2. The summed E-state index contributed by atoms with van der Waals surface area (Å²) in [6.45, 7) is 0. The third kappa shape index (κ3) is 3.22. The molecule has 0 saturated heterocycles. The summed E-state index contributed by atoms with van der Waals surface area (Å²) in [5.74, 6) is 0. The summed E-state index contributed by atoms with van der Waals surface area (Å²) in [6, 6.07) is 33.3. The Kier molecular flexibility index (Phi) is 4.83. The van der Waals surface area contributed by atoms with Crippen LogP contribution in [0.25, 0.3) is 44.1 Å². The highest BCUT2D eigenvalue weighted by Crippen LogP contribution is 2.45. The van der Waals surface area contributed by atoms with Crippen molar-refractivity contribution in [2.45, 2.75) is 18.9 Å². The summed E-state index contributed by atoms with van der Waals surface area (Å²) < 4.78 is 1.39. The smallest absolute Gasteiger partial charge is 0.0971 e. The lowest BCUT2D eigenvalue weighted by Crippen LogP contribution is -2.33. The predicted molar refractivity (Wildman–Crippen MR) is 162 cm³/mol. The summed E-state index contributed by atoms with van der Waals surface area (Å²) in [6.07, 6.45) is 9.09. The van der Waals surface area contributed by atoms with Crippen LogP contribution in [0.4, 0.5) is 0 Å². The van der Waals surface area contributed by atoms with Crippen LogP contribution in [0.2, 0.25) is 0 Å². The van der Waals surface area contributed by atoms with E-state index in [0.717, 1.165) is 29.8 Å². The average molecular weight is 507 g/mol. The number of hydrogen-bond acceptors (Lipinski definition) is 3. The zero-order chi connectivity index (χ0) is 25.2. The van der Waals surface area contributed by atoms with Gasteiger partial charge in [-0.15, -0.1) is 11.3 Å². The van der Waals surface area contributed by atoms with Gasteiger partial charge < -0.3 is 4.90 Å². The van der Waals surface area contributed by atoms with Crippen LogP contribution in [0.1, 0.15) is 39.6 Å². The molecule has 1 aliphatic heterocycles. The lowest BCUT2D eigenvalue weighted by molar-refractivity contribution is 0.410. The highest BCUT2D eigenvalue weighted by Gasteiger charge is 2.34. The molecule has 3 heteroatoms. The molecule has 8 rings (SSSR count). The van der Waals surface area contributed by atoms with Crippen molar-refractivity contribution in [3.8, 4) is 22.3 Å². The molecule has 0 N–H and O–H groups in total. The molecule has 2 aliphatic carbocycles. The number of benzene rings is 4. The van der Waals surface area contributed by atoms with E-state index in [1.807, 2.05) is 11.3 Å². The van der Waals surface area contributed by atoms with Gasteiger partial charge in [0.05, 0.1) is 17.5 Å². The van der Waals surface area contributed by atoms with Crippen molar-refractivity contribution in [3.63, 3.8) is 0 Å². The third-order valence-corrected chi connectivity index (χ3v) is 9.38. The third-order valence-electron chi connectivity index (χ3n) is 8.13. The maximum absolute atomic E-state index is 5.34. The normalized spacial score (nSPS) is 17.3. The van der Waals surface area contributed by atoms with Crippen LogP contribution in [-0.4, -0.2) is 17.7 Å². The van der Waals surface area contributed by atoms with Gasteiger partial charge in [-0.05, 0) is 63.8 Å². The molecule has 0 saturated carbocycles. The second-order valence-corrected chi connectivity index (χ2v) is 11.4. The van der Waals surface area contributed by atoms with Crippen LogP contribution in [-0.2, 0) is 6.42 Å². The number of aryl methyl sites for hydroxylation is 1. The van der Waals surface area contributed by atoms with Crippen molar-refractivity contribution in [2.24, 2.45) is 4.99 Å². The molecule has 1 unspecified atom stereocenters. The molecule has 182 valence electrons. The highest BCUT2D eigenvalue weighted by atomic mass is 32.1. The van der Waals surface area contributed by atoms with Crippen molar-refractivity contribution in [2.75, 3.05) is 7.05 Å². The van der Waals surface area contributed by atoms with Crippen LogP contribution in [0.3, 0.4) is 0 Å². The first-order valence-corrected chi connectivity index (χ1v) is 14.1. The van der Waals surface area contributed by atoms with E-state index in [1.165, 1.54) is 53.9 Å². The molecule has 0 amide bonds. The Bertz CT molecular complexity index is 1850. The second-order valence-electron chi connectivity index (χ2n) is 10.4. The minimum absolute atomic E-state index is 0.118. The first-order valence-electron chi connectivity index (χ1n) is 13.3. The van der Waals surface area contributed by atoms with E-state index < -0.39 is 0 Å². The first-order chi connectivity index (χ1) is 18.8. The summed E-state index contributed by atoms with van der Waals surface area (Å²) in [7, 11) is 2.18. The number of likely N-dealkylation sites (N-methyl/N-ethyl adjacent to an activating group) is 1. The van der Waals surface area contributed by atoms with Gasteiger partial charge in [0.25, 0.3) is 0 Å². The molecule has 2 heterocycles.